The molecule has 0 atom stereocenters. The SMILES string of the molecule is CCOC(=O)C(CO)=C(Br)Br. The predicted molar refractivity (Wildman–Crippen MR) is 48.6 cm³/mol. The molecule has 0 aromatic heterocycles. The zero-order valence-electron chi connectivity index (χ0n) is 5.93. The fraction of sp³-hybridized carbons (Fsp3) is 0.500. The van der Waals surface area contributed by atoms with Crippen LogP contribution in [0.1, 0.15) is 6.92 Å². The minimum atomic E-state index is -0.515. The van der Waals surface area contributed by atoms with Crippen molar-refractivity contribution in [2.24, 2.45) is 0 Å². The molecule has 0 unspecified atom stereocenters. The lowest BCUT2D eigenvalue weighted by atomic mass is 10.3. The third-order valence-corrected chi connectivity index (χ3v) is 1.87. The largest absolute Gasteiger partial charge is 0.463 e. The van der Waals surface area contributed by atoms with E-state index in [0.717, 1.165) is 0 Å². The first-order valence-corrected chi connectivity index (χ1v) is 4.54. The number of esters is 1. The minimum absolute atomic E-state index is 0.187. The molecule has 0 saturated heterocycles. The molecule has 0 radical (unpaired) electrons. The Bertz CT molecular complexity index is 173. The number of aliphatic hydroxyl groups excluding tert-OH is 1. The summed E-state index contributed by atoms with van der Waals surface area (Å²) in [4.78, 5) is 10.9. The maximum Gasteiger partial charge on any atom is 0.338 e. The summed E-state index contributed by atoms with van der Waals surface area (Å²) in [5.74, 6) is -0.515. The summed E-state index contributed by atoms with van der Waals surface area (Å²) in [6, 6.07) is 0. The second-order valence-electron chi connectivity index (χ2n) is 1.62. The molecule has 0 aliphatic rings. The van der Waals surface area contributed by atoms with Crippen LogP contribution in [-0.2, 0) is 9.53 Å². The smallest absolute Gasteiger partial charge is 0.338 e. The summed E-state index contributed by atoms with van der Waals surface area (Å²) in [6.45, 7) is 1.66. The van der Waals surface area contributed by atoms with E-state index in [0.29, 0.717) is 10.00 Å². The van der Waals surface area contributed by atoms with Crippen molar-refractivity contribution in [3.05, 3.63) is 8.96 Å². The van der Waals surface area contributed by atoms with E-state index in [1.54, 1.807) is 6.92 Å². The summed E-state index contributed by atoms with van der Waals surface area (Å²) in [6.07, 6.45) is 0. The topological polar surface area (TPSA) is 46.5 Å². The Balaban J connectivity index is 4.28. The van der Waals surface area contributed by atoms with Crippen LogP contribution in [0.3, 0.4) is 0 Å². The van der Waals surface area contributed by atoms with Gasteiger partial charge in [-0.3, -0.25) is 0 Å². The lowest BCUT2D eigenvalue weighted by Crippen LogP contribution is -2.10. The van der Waals surface area contributed by atoms with Gasteiger partial charge in [0.25, 0.3) is 0 Å². The second-order valence-corrected chi connectivity index (χ2v) is 4.27. The highest BCUT2D eigenvalue weighted by Crippen LogP contribution is 2.19. The molecule has 0 saturated carbocycles. The van der Waals surface area contributed by atoms with E-state index in [1.807, 2.05) is 0 Å². The number of carbonyl (C=O) groups is 1. The Kier molecular flexibility index (Phi) is 5.81. The molecule has 3 nitrogen and oxygen atoms in total. The van der Waals surface area contributed by atoms with Crippen LogP contribution in [0.5, 0.6) is 0 Å². The first kappa shape index (κ1) is 11.1. The number of aliphatic hydroxyl groups is 1. The van der Waals surface area contributed by atoms with Crippen LogP contribution in [0.25, 0.3) is 0 Å². The first-order chi connectivity index (χ1) is 5.13. The molecule has 64 valence electrons. The second kappa shape index (κ2) is 5.74. The summed E-state index contributed by atoms with van der Waals surface area (Å²) < 4.78 is 5.06. The Hall–Kier alpha value is 0.130. The van der Waals surface area contributed by atoms with Gasteiger partial charge in [0.05, 0.1) is 22.2 Å². The van der Waals surface area contributed by atoms with E-state index in [9.17, 15) is 4.79 Å². The van der Waals surface area contributed by atoms with Gasteiger partial charge in [0.1, 0.15) is 0 Å². The molecule has 0 aliphatic heterocycles. The van der Waals surface area contributed by atoms with Gasteiger partial charge < -0.3 is 9.84 Å². The van der Waals surface area contributed by atoms with Crippen LogP contribution in [0.2, 0.25) is 0 Å². The maximum atomic E-state index is 10.9. The zero-order valence-corrected chi connectivity index (χ0v) is 9.11. The molecule has 0 amide bonds. The molecule has 0 aromatic carbocycles. The fourth-order valence-corrected chi connectivity index (χ4v) is 0.994. The van der Waals surface area contributed by atoms with E-state index in [4.69, 9.17) is 5.11 Å². The Morgan fingerprint density at radius 2 is 2.09 bits per heavy atom. The van der Waals surface area contributed by atoms with Crippen LogP contribution in [0, 0.1) is 0 Å². The fourth-order valence-electron chi connectivity index (χ4n) is 0.420. The quantitative estimate of drug-likeness (QED) is 0.633. The molecule has 5 heteroatoms. The van der Waals surface area contributed by atoms with Crippen molar-refractivity contribution in [1.82, 2.24) is 0 Å². The van der Waals surface area contributed by atoms with Gasteiger partial charge in [-0.2, -0.15) is 0 Å². The Morgan fingerprint density at radius 1 is 1.55 bits per heavy atom. The third kappa shape index (κ3) is 3.88. The van der Waals surface area contributed by atoms with Gasteiger partial charge >= 0.3 is 5.97 Å². The van der Waals surface area contributed by atoms with E-state index in [1.165, 1.54) is 0 Å². The van der Waals surface area contributed by atoms with Crippen molar-refractivity contribution >= 4 is 37.8 Å². The molecule has 0 bridgehead atoms. The molecule has 1 N–H and O–H groups in total. The van der Waals surface area contributed by atoms with E-state index >= 15 is 0 Å². The molecular formula is C6H8Br2O3. The number of ether oxygens (including phenoxy) is 1. The van der Waals surface area contributed by atoms with Crippen molar-refractivity contribution in [3.8, 4) is 0 Å². The lowest BCUT2D eigenvalue weighted by Gasteiger charge is -2.02. The number of rotatable bonds is 3. The average Bonchev–Trinajstić information content (AvgIpc) is 1.88. The third-order valence-electron chi connectivity index (χ3n) is 0.908. The summed E-state index contributed by atoms with van der Waals surface area (Å²) in [5, 5.41) is 8.67. The van der Waals surface area contributed by atoms with Crippen LogP contribution >= 0.6 is 31.9 Å². The minimum Gasteiger partial charge on any atom is -0.463 e. The van der Waals surface area contributed by atoms with Crippen molar-refractivity contribution in [1.29, 1.82) is 0 Å². The molecule has 0 spiro atoms. The zero-order chi connectivity index (χ0) is 8.85. The Labute approximate surface area is 81.7 Å². The molecular weight excluding hydrogens is 280 g/mol. The van der Waals surface area contributed by atoms with Gasteiger partial charge in [-0.05, 0) is 38.8 Å². The van der Waals surface area contributed by atoms with Crippen molar-refractivity contribution in [2.75, 3.05) is 13.2 Å². The summed E-state index contributed by atoms with van der Waals surface area (Å²) >= 11 is 6.01. The first-order valence-electron chi connectivity index (χ1n) is 2.95. The molecule has 11 heavy (non-hydrogen) atoms. The van der Waals surface area contributed by atoms with Crippen LogP contribution in [0.4, 0.5) is 0 Å². The number of hydrogen-bond acceptors (Lipinski definition) is 3. The summed E-state index contributed by atoms with van der Waals surface area (Å²) in [5.41, 5.74) is 0.187. The van der Waals surface area contributed by atoms with Gasteiger partial charge in [0.2, 0.25) is 0 Å². The highest BCUT2D eigenvalue weighted by atomic mass is 79.9. The van der Waals surface area contributed by atoms with Gasteiger partial charge in [-0.1, -0.05) is 0 Å². The van der Waals surface area contributed by atoms with Crippen molar-refractivity contribution in [2.45, 2.75) is 6.92 Å². The van der Waals surface area contributed by atoms with E-state index in [2.05, 4.69) is 36.6 Å². The average molecular weight is 288 g/mol. The van der Waals surface area contributed by atoms with Gasteiger partial charge in [0.15, 0.2) is 0 Å². The molecule has 0 rings (SSSR count). The van der Waals surface area contributed by atoms with Crippen molar-refractivity contribution in [3.63, 3.8) is 0 Å². The molecule has 0 fully saturated rings. The normalized spacial score (nSPS) is 9.09. The number of hydrogen-bond donors (Lipinski definition) is 1. The number of carbonyl (C=O) groups excluding carboxylic acids is 1. The summed E-state index contributed by atoms with van der Waals surface area (Å²) in [7, 11) is 0. The van der Waals surface area contributed by atoms with Gasteiger partial charge in [-0.15, -0.1) is 0 Å². The number of halogens is 2. The van der Waals surface area contributed by atoms with E-state index < -0.39 is 5.97 Å². The molecule has 0 aromatic rings. The monoisotopic (exact) mass is 286 g/mol. The van der Waals surface area contributed by atoms with Gasteiger partial charge in [-0.25, -0.2) is 4.79 Å². The highest BCUT2D eigenvalue weighted by Gasteiger charge is 2.11. The molecule has 0 aliphatic carbocycles. The van der Waals surface area contributed by atoms with Crippen LogP contribution in [0.15, 0.2) is 8.96 Å². The standard InChI is InChI=1S/C6H8Br2O3/c1-2-11-6(10)4(3-9)5(7)8/h9H,2-3H2,1H3. The van der Waals surface area contributed by atoms with E-state index in [-0.39, 0.29) is 12.2 Å². The maximum absolute atomic E-state index is 10.9. The Morgan fingerprint density at radius 3 is 2.36 bits per heavy atom. The lowest BCUT2D eigenvalue weighted by molar-refractivity contribution is -0.138. The van der Waals surface area contributed by atoms with Crippen molar-refractivity contribution < 1.29 is 14.6 Å². The molecule has 0 heterocycles. The highest BCUT2D eigenvalue weighted by molar-refractivity contribution is 9.28. The predicted octanol–water partition coefficient (Wildman–Crippen LogP) is 1.54. The van der Waals surface area contributed by atoms with Crippen LogP contribution in [-0.4, -0.2) is 24.3 Å². The van der Waals surface area contributed by atoms with Gasteiger partial charge in [0, 0.05) is 0 Å². The van der Waals surface area contributed by atoms with Crippen LogP contribution < -0.4 is 0 Å².